The van der Waals surface area contributed by atoms with Crippen molar-refractivity contribution in [2.45, 2.75) is 104 Å². The minimum atomic E-state index is -3.31. The molecule has 41 heavy (non-hydrogen) atoms. The van der Waals surface area contributed by atoms with Gasteiger partial charge in [0.1, 0.15) is 73.2 Å². The number of halogens is 2. The average Bonchev–Trinajstić information content (AvgIpc) is 2.95. The van der Waals surface area contributed by atoms with Gasteiger partial charge in [0, 0.05) is 6.42 Å². The standard InChI is InChI=1S/C22H39F2NO16/c23-22(24,6-25)1-2-36-20-17(14(33)11(30)8(4-27)38-20)41-21-18(15(34)12(31)9(5-28)39-21)40-19-16(35)13(32)10(29)7(3-26)37-19/h7-21,26-35H,1-6,25H2/t7?,8?,9?,10-,11-,12-,13?,14?,15?,16?,17?,18?,19+,20+,21-/m1/s1. The van der Waals surface area contributed by atoms with Crippen molar-refractivity contribution in [2.24, 2.45) is 5.73 Å². The fourth-order valence-corrected chi connectivity index (χ4v) is 4.56. The number of ether oxygens (including phenoxy) is 6. The number of aliphatic hydroxyl groups is 10. The van der Waals surface area contributed by atoms with Crippen molar-refractivity contribution in [2.75, 3.05) is 33.0 Å². The molecule has 3 fully saturated rings. The minimum Gasteiger partial charge on any atom is -0.394 e. The van der Waals surface area contributed by atoms with Gasteiger partial charge in [0.2, 0.25) is 0 Å². The van der Waals surface area contributed by atoms with Crippen molar-refractivity contribution in [1.29, 1.82) is 0 Å². The highest BCUT2D eigenvalue weighted by atomic mass is 19.3. The number of rotatable bonds is 12. The summed E-state index contributed by atoms with van der Waals surface area (Å²) in [5, 5.41) is 101. The Labute approximate surface area is 232 Å². The molecule has 0 aromatic rings. The summed E-state index contributed by atoms with van der Waals surface area (Å²) in [7, 11) is 0. The molecular weight excluding hydrogens is 572 g/mol. The Balaban J connectivity index is 1.85. The fourth-order valence-electron chi connectivity index (χ4n) is 4.56. The lowest BCUT2D eigenvalue weighted by Crippen LogP contribution is -2.67. The molecule has 0 amide bonds. The van der Waals surface area contributed by atoms with Crippen LogP contribution in [0, 0.1) is 0 Å². The highest BCUT2D eigenvalue weighted by Gasteiger charge is 2.54. The molecule has 9 unspecified atom stereocenters. The van der Waals surface area contributed by atoms with Crippen LogP contribution in [0.15, 0.2) is 0 Å². The van der Waals surface area contributed by atoms with Gasteiger partial charge in [-0.2, -0.15) is 0 Å². The van der Waals surface area contributed by atoms with E-state index in [4.69, 9.17) is 34.2 Å². The quantitative estimate of drug-likeness (QED) is 0.0978. The third-order valence-corrected chi connectivity index (χ3v) is 7.13. The van der Waals surface area contributed by atoms with E-state index in [0.29, 0.717) is 0 Å². The first kappa shape index (κ1) is 34.7. The molecule has 15 atom stereocenters. The Morgan fingerprint density at radius 1 is 0.585 bits per heavy atom. The summed E-state index contributed by atoms with van der Waals surface area (Å²) in [4.78, 5) is 0. The van der Waals surface area contributed by atoms with Gasteiger partial charge in [-0.05, 0) is 0 Å². The highest BCUT2D eigenvalue weighted by molar-refractivity contribution is 4.96. The van der Waals surface area contributed by atoms with Gasteiger partial charge in [0.15, 0.2) is 18.9 Å². The maximum absolute atomic E-state index is 13.6. The van der Waals surface area contributed by atoms with E-state index in [-0.39, 0.29) is 0 Å². The van der Waals surface area contributed by atoms with E-state index >= 15 is 0 Å². The highest BCUT2D eigenvalue weighted by Crippen LogP contribution is 2.33. The molecule has 0 aromatic carbocycles. The second kappa shape index (κ2) is 14.8. The zero-order chi connectivity index (χ0) is 30.6. The lowest BCUT2D eigenvalue weighted by molar-refractivity contribution is -0.393. The van der Waals surface area contributed by atoms with Gasteiger partial charge in [-0.25, -0.2) is 8.78 Å². The van der Waals surface area contributed by atoms with Gasteiger partial charge in [-0.3, -0.25) is 0 Å². The van der Waals surface area contributed by atoms with E-state index in [2.05, 4.69) is 0 Å². The summed E-state index contributed by atoms with van der Waals surface area (Å²) in [6.07, 6.45) is -27.5. The maximum Gasteiger partial charge on any atom is 0.262 e. The van der Waals surface area contributed by atoms with Crippen LogP contribution in [0.4, 0.5) is 8.78 Å². The smallest absolute Gasteiger partial charge is 0.262 e. The monoisotopic (exact) mass is 611 g/mol. The number of alkyl halides is 2. The van der Waals surface area contributed by atoms with E-state index in [1.165, 1.54) is 0 Å². The molecule has 3 saturated heterocycles. The van der Waals surface area contributed by atoms with Gasteiger partial charge < -0.3 is 85.2 Å². The van der Waals surface area contributed by atoms with Crippen LogP contribution in [0.5, 0.6) is 0 Å². The number of aliphatic hydroxyl groups excluding tert-OH is 10. The largest absolute Gasteiger partial charge is 0.394 e. The molecule has 3 heterocycles. The summed E-state index contributed by atoms with van der Waals surface area (Å²) in [5.41, 5.74) is 5.01. The van der Waals surface area contributed by atoms with E-state index in [9.17, 15) is 59.8 Å². The molecule has 3 aliphatic heterocycles. The van der Waals surface area contributed by atoms with Crippen LogP contribution in [0.3, 0.4) is 0 Å². The molecule has 3 aliphatic rings. The predicted octanol–water partition coefficient (Wildman–Crippen LogP) is -6.56. The van der Waals surface area contributed by atoms with Crippen LogP contribution in [0.2, 0.25) is 0 Å². The Kier molecular flexibility index (Phi) is 12.5. The molecular formula is C22H39F2NO16. The van der Waals surface area contributed by atoms with Crippen molar-refractivity contribution in [3.05, 3.63) is 0 Å². The fraction of sp³-hybridized carbons (Fsp3) is 1.00. The number of nitrogens with two attached hydrogens (primary N) is 1. The molecule has 12 N–H and O–H groups in total. The van der Waals surface area contributed by atoms with Crippen LogP contribution in [-0.4, -0.2) is 182 Å². The van der Waals surface area contributed by atoms with Crippen LogP contribution in [0.25, 0.3) is 0 Å². The third kappa shape index (κ3) is 7.83. The summed E-state index contributed by atoms with van der Waals surface area (Å²) < 4.78 is 59.9. The first-order valence-electron chi connectivity index (χ1n) is 12.9. The van der Waals surface area contributed by atoms with Gasteiger partial charge in [0.05, 0.1) is 33.0 Å². The van der Waals surface area contributed by atoms with Crippen LogP contribution < -0.4 is 5.73 Å². The molecule has 0 spiro atoms. The number of hydrogen-bond donors (Lipinski definition) is 11. The molecule has 0 saturated carbocycles. The van der Waals surface area contributed by atoms with E-state index < -0.39 is 137 Å². The van der Waals surface area contributed by atoms with E-state index in [1.54, 1.807) is 0 Å². The summed E-state index contributed by atoms with van der Waals surface area (Å²) in [6, 6.07) is 0. The van der Waals surface area contributed by atoms with Crippen molar-refractivity contribution in [3.63, 3.8) is 0 Å². The van der Waals surface area contributed by atoms with Crippen molar-refractivity contribution < 1.29 is 88.3 Å². The Hall–Kier alpha value is -0.820. The first-order chi connectivity index (χ1) is 19.3. The molecule has 0 bridgehead atoms. The number of hydrogen-bond acceptors (Lipinski definition) is 17. The zero-order valence-corrected chi connectivity index (χ0v) is 21.7. The predicted molar refractivity (Wildman–Crippen MR) is 124 cm³/mol. The van der Waals surface area contributed by atoms with Crippen molar-refractivity contribution in [1.82, 2.24) is 0 Å². The normalized spacial score (nSPS) is 46.0. The van der Waals surface area contributed by atoms with Crippen molar-refractivity contribution in [3.8, 4) is 0 Å². The van der Waals surface area contributed by atoms with Crippen LogP contribution in [0.1, 0.15) is 6.42 Å². The molecule has 17 nitrogen and oxygen atoms in total. The second-order valence-electron chi connectivity index (χ2n) is 9.99. The Bertz CT molecular complexity index is 803. The summed E-state index contributed by atoms with van der Waals surface area (Å²) in [6.45, 7) is -4.17. The Morgan fingerprint density at radius 3 is 1.49 bits per heavy atom. The van der Waals surface area contributed by atoms with Crippen LogP contribution in [-0.2, 0) is 28.4 Å². The molecule has 0 aliphatic carbocycles. The topological polar surface area (TPSA) is 284 Å². The lowest BCUT2D eigenvalue weighted by atomic mass is 9.96. The zero-order valence-electron chi connectivity index (χ0n) is 21.7. The molecule has 242 valence electrons. The van der Waals surface area contributed by atoms with Gasteiger partial charge in [-0.1, -0.05) is 0 Å². The van der Waals surface area contributed by atoms with Gasteiger partial charge >= 0.3 is 0 Å². The second-order valence-corrected chi connectivity index (χ2v) is 9.99. The first-order valence-corrected chi connectivity index (χ1v) is 12.9. The summed E-state index contributed by atoms with van der Waals surface area (Å²) in [5.74, 6) is -3.31. The van der Waals surface area contributed by atoms with Gasteiger partial charge in [0.25, 0.3) is 5.92 Å². The molecule has 0 radical (unpaired) electrons. The maximum atomic E-state index is 13.6. The molecule has 19 heteroatoms. The lowest BCUT2D eigenvalue weighted by Gasteiger charge is -2.48. The van der Waals surface area contributed by atoms with Gasteiger partial charge in [-0.15, -0.1) is 0 Å². The molecule has 0 aromatic heterocycles. The average molecular weight is 612 g/mol. The summed E-state index contributed by atoms with van der Waals surface area (Å²) >= 11 is 0. The minimum absolute atomic E-state index is 0.688. The Morgan fingerprint density at radius 2 is 1.00 bits per heavy atom. The molecule has 3 rings (SSSR count). The van der Waals surface area contributed by atoms with Crippen molar-refractivity contribution >= 4 is 0 Å². The third-order valence-electron chi connectivity index (χ3n) is 7.13. The van der Waals surface area contributed by atoms with E-state index in [1.807, 2.05) is 0 Å². The SMILES string of the molecule is NCC(F)(F)CCO[C@H]1OC(CO)[C@@H](O)C(O)C1O[C@H]1OC(CO)[C@@H](O)C(O)C1O[C@@H]1OC(CO)[C@@H](O)C(O)C1O. The van der Waals surface area contributed by atoms with E-state index in [0.717, 1.165) is 0 Å². The van der Waals surface area contributed by atoms with Crippen LogP contribution >= 0.6 is 0 Å².